The quantitative estimate of drug-likeness (QED) is 0.456. The highest BCUT2D eigenvalue weighted by molar-refractivity contribution is 5.96. The van der Waals surface area contributed by atoms with Gasteiger partial charge in [-0.1, -0.05) is 12.1 Å². The summed E-state index contributed by atoms with van der Waals surface area (Å²) in [7, 11) is 0. The van der Waals surface area contributed by atoms with E-state index in [-0.39, 0.29) is 11.4 Å². The second-order valence-electron chi connectivity index (χ2n) is 7.40. The number of hydrogen-bond acceptors (Lipinski definition) is 6. The predicted octanol–water partition coefficient (Wildman–Crippen LogP) is 3.00. The second kappa shape index (κ2) is 8.92. The Morgan fingerprint density at radius 1 is 1.18 bits per heavy atom. The molecule has 0 aliphatic rings. The molecule has 1 N–H and O–H groups in total. The molecule has 3 heterocycles. The first-order valence-corrected chi connectivity index (χ1v) is 9.98. The number of nitriles is 1. The first-order valence-electron chi connectivity index (χ1n) is 9.98. The van der Waals surface area contributed by atoms with Crippen LogP contribution in [0.2, 0.25) is 0 Å². The maximum atomic E-state index is 13.3. The fourth-order valence-corrected chi connectivity index (χ4v) is 3.43. The van der Waals surface area contributed by atoms with E-state index in [9.17, 15) is 19.2 Å². The van der Waals surface area contributed by atoms with E-state index in [1.807, 2.05) is 6.92 Å². The van der Waals surface area contributed by atoms with Gasteiger partial charge in [-0.2, -0.15) is 5.26 Å². The van der Waals surface area contributed by atoms with Gasteiger partial charge in [-0.05, 0) is 49.2 Å². The van der Waals surface area contributed by atoms with E-state index in [1.165, 1.54) is 30.7 Å². The number of hydrogen-bond donors (Lipinski definition) is 1. The predicted molar refractivity (Wildman–Crippen MR) is 116 cm³/mol. The number of nitrogens with one attached hydrogen (secondary N) is 1. The molecule has 33 heavy (non-hydrogen) atoms. The number of pyridine rings is 1. The molecule has 0 saturated heterocycles. The highest BCUT2D eigenvalue weighted by Gasteiger charge is 2.21. The zero-order valence-electron chi connectivity index (χ0n) is 17.9. The van der Waals surface area contributed by atoms with Gasteiger partial charge in [0.25, 0.3) is 5.91 Å². The summed E-state index contributed by atoms with van der Waals surface area (Å²) in [5, 5.41) is 19.9. The van der Waals surface area contributed by atoms with Crippen molar-refractivity contribution in [2.75, 3.05) is 11.9 Å². The van der Waals surface area contributed by atoms with Gasteiger partial charge in [-0.3, -0.25) is 9.20 Å². The van der Waals surface area contributed by atoms with E-state index in [1.54, 1.807) is 34.1 Å². The van der Waals surface area contributed by atoms with Gasteiger partial charge < -0.3 is 14.6 Å². The molecule has 3 aromatic heterocycles. The zero-order chi connectivity index (χ0) is 23.5. The van der Waals surface area contributed by atoms with Crippen LogP contribution < -0.4 is 5.32 Å². The highest BCUT2D eigenvalue weighted by atomic mass is 19.1. The summed E-state index contributed by atoms with van der Waals surface area (Å²) in [6.45, 7) is 3.40. The number of fused-ring (bicyclic) bond motifs is 1. The Morgan fingerprint density at radius 2 is 1.94 bits per heavy atom. The average molecular weight is 446 g/mol. The van der Waals surface area contributed by atoms with Crippen LogP contribution in [0.4, 0.5) is 10.2 Å². The smallest absolute Gasteiger partial charge is 0.340 e. The molecular formula is C23H19FN6O3. The molecule has 0 bridgehead atoms. The molecule has 166 valence electrons. The van der Waals surface area contributed by atoms with Crippen molar-refractivity contribution in [3.8, 4) is 6.07 Å². The Kier molecular flexibility index (Phi) is 5.87. The van der Waals surface area contributed by atoms with E-state index in [0.717, 1.165) is 11.3 Å². The molecular weight excluding hydrogens is 427 g/mol. The summed E-state index contributed by atoms with van der Waals surface area (Å²) in [5.74, 6) is -1.34. The zero-order valence-corrected chi connectivity index (χ0v) is 17.9. The molecule has 0 unspecified atom stereocenters. The van der Waals surface area contributed by atoms with Gasteiger partial charge in [-0.25, -0.2) is 9.18 Å². The lowest BCUT2D eigenvalue weighted by Crippen LogP contribution is -2.23. The van der Waals surface area contributed by atoms with Gasteiger partial charge in [0.2, 0.25) is 0 Å². The van der Waals surface area contributed by atoms with Gasteiger partial charge >= 0.3 is 5.97 Å². The molecule has 0 spiro atoms. The molecule has 4 aromatic rings. The number of aromatic nitrogens is 4. The monoisotopic (exact) mass is 446 g/mol. The van der Waals surface area contributed by atoms with E-state index >= 15 is 0 Å². The molecule has 4 rings (SSSR count). The topological polar surface area (TPSA) is 114 Å². The first-order chi connectivity index (χ1) is 15.9. The Balaban J connectivity index is 1.49. The highest BCUT2D eigenvalue weighted by Crippen LogP contribution is 2.27. The third-order valence-corrected chi connectivity index (χ3v) is 5.31. The lowest BCUT2D eigenvalue weighted by molar-refractivity contribution is -0.119. The number of amides is 1. The molecule has 0 radical (unpaired) electrons. The average Bonchev–Trinajstić information content (AvgIpc) is 3.37. The summed E-state index contributed by atoms with van der Waals surface area (Å²) in [6.07, 6.45) is 2.95. The Labute approximate surface area is 188 Å². The van der Waals surface area contributed by atoms with Crippen LogP contribution in [0, 0.1) is 31.0 Å². The maximum Gasteiger partial charge on any atom is 0.340 e. The number of esters is 1. The van der Waals surface area contributed by atoms with Crippen LogP contribution in [-0.2, 0) is 16.1 Å². The van der Waals surface area contributed by atoms with Crippen LogP contribution in [-0.4, -0.2) is 37.6 Å². The molecule has 0 fully saturated rings. The largest absolute Gasteiger partial charge is 0.452 e. The lowest BCUT2D eigenvalue weighted by atomic mass is 10.2. The summed E-state index contributed by atoms with van der Waals surface area (Å²) in [5.41, 5.74) is 3.41. The number of benzene rings is 1. The van der Waals surface area contributed by atoms with E-state index < -0.39 is 18.5 Å². The molecule has 0 saturated carbocycles. The molecule has 0 aliphatic heterocycles. The van der Waals surface area contributed by atoms with Crippen LogP contribution in [0.5, 0.6) is 0 Å². The van der Waals surface area contributed by atoms with Gasteiger partial charge in [0.1, 0.15) is 24.0 Å². The molecule has 0 atom stereocenters. The summed E-state index contributed by atoms with van der Waals surface area (Å²) in [4.78, 5) is 24.9. The minimum Gasteiger partial charge on any atom is -0.452 e. The van der Waals surface area contributed by atoms with Crippen molar-refractivity contribution >= 4 is 23.3 Å². The fraction of sp³-hybridized carbons (Fsp3) is 0.174. The van der Waals surface area contributed by atoms with Crippen molar-refractivity contribution in [2.24, 2.45) is 0 Å². The lowest BCUT2D eigenvalue weighted by Gasteiger charge is -2.13. The van der Waals surface area contributed by atoms with E-state index in [2.05, 4.69) is 21.6 Å². The van der Waals surface area contributed by atoms with Crippen molar-refractivity contribution in [3.63, 3.8) is 0 Å². The third-order valence-electron chi connectivity index (χ3n) is 5.31. The maximum absolute atomic E-state index is 13.3. The van der Waals surface area contributed by atoms with Gasteiger partial charge in [-0.15, -0.1) is 10.2 Å². The number of ether oxygens (including phenoxy) is 1. The minimum atomic E-state index is -0.685. The minimum absolute atomic E-state index is 0.235. The number of nitrogens with zero attached hydrogens (tertiary/aromatic N) is 5. The van der Waals surface area contributed by atoms with Crippen LogP contribution in [0.15, 0.2) is 48.9 Å². The molecule has 1 aromatic carbocycles. The fourth-order valence-electron chi connectivity index (χ4n) is 3.43. The van der Waals surface area contributed by atoms with Crippen molar-refractivity contribution in [2.45, 2.75) is 20.4 Å². The number of carbonyl (C=O) groups is 2. The summed E-state index contributed by atoms with van der Waals surface area (Å²) in [6, 6.07) is 11.2. The number of anilines is 1. The molecule has 1 amide bonds. The Hall–Kier alpha value is -4.52. The van der Waals surface area contributed by atoms with Crippen molar-refractivity contribution in [1.29, 1.82) is 5.26 Å². The van der Waals surface area contributed by atoms with Crippen molar-refractivity contribution in [3.05, 3.63) is 82.7 Å². The Morgan fingerprint density at radius 3 is 2.67 bits per heavy atom. The van der Waals surface area contributed by atoms with Gasteiger partial charge in [0.15, 0.2) is 12.3 Å². The van der Waals surface area contributed by atoms with Crippen LogP contribution in [0.25, 0.3) is 5.65 Å². The SMILES string of the molecule is Cc1c(C#N)c(NC(=O)COC(=O)c2ccc3nncn3c2)n(Cc2ccc(F)cc2)c1C. The molecule has 9 nitrogen and oxygen atoms in total. The Bertz CT molecular complexity index is 1400. The van der Waals surface area contributed by atoms with E-state index in [4.69, 9.17) is 4.74 Å². The second-order valence-corrected chi connectivity index (χ2v) is 7.40. The standard InChI is InChI=1S/C23H19FN6O3/c1-14-15(2)30(10-16-3-6-18(24)7-4-16)22(19(14)9-25)27-21(31)12-33-23(32)17-5-8-20-28-26-13-29(20)11-17/h3-8,11,13H,10,12H2,1-2H3,(H,27,31). The van der Waals surface area contributed by atoms with Crippen LogP contribution in [0.1, 0.15) is 32.7 Å². The molecule has 0 aliphatic carbocycles. The van der Waals surface area contributed by atoms with Crippen molar-refractivity contribution < 1.29 is 18.7 Å². The number of halogens is 1. The summed E-state index contributed by atoms with van der Waals surface area (Å²) < 4.78 is 21.7. The van der Waals surface area contributed by atoms with Gasteiger partial charge in [0, 0.05) is 18.4 Å². The van der Waals surface area contributed by atoms with Crippen LogP contribution in [0.3, 0.4) is 0 Å². The number of rotatable bonds is 6. The number of carbonyl (C=O) groups excluding carboxylic acids is 2. The van der Waals surface area contributed by atoms with Crippen molar-refractivity contribution in [1.82, 2.24) is 19.2 Å². The first kappa shape index (κ1) is 21.7. The molecule has 10 heteroatoms. The van der Waals surface area contributed by atoms with Crippen LogP contribution >= 0.6 is 0 Å². The third kappa shape index (κ3) is 4.43. The van der Waals surface area contributed by atoms with E-state index in [0.29, 0.717) is 29.1 Å². The van der Waals surface area contributed by atoms with Gasteiger partial charge in [0.05, 0.1) is 11.1 Å². The normalized spacial score (nSPS) is 10.7. The summed E-state index contributed by atoms with van der Waals surface area (Å²) >= 11 is 0.